The van der Waals surface area contributed by atoms with Crippen LogP contribution in [0.1, 0.15) is 5.56 Å². The summed E-state index contributed by atoms with van der Waals surface area (Å²) >= 11 is 0. The Labute approximate surface area is 164 Å². The number of rotatable bonds is 6. The lowest BCUT2D eigenvalue weighted by atomic mass is 10.1. The number of anilines is 1. The van der Waals surface area contributed by atoms with Crippen LogP contribution in [0.4, 0.5) is 5.95 Å². The third-order valence-corrected chi connectivity index (χ3v) is 5.18. The smallest absolute Gasteiger partial charge is 0.203 e. The molecule has 0 amide bonds. The average Bonchev–Trinajstić information content (AvgIpc) is 3.17. The van der Waals surface area contributed by atoms with E-state index in [9.17, 15) is 0 Å². The van der Waals surface area contributed by atoms with Crippen molar-refractivity contribution in [1.82, 2.24) is 14.9 Å². The molecule has 1 saturated heterocycles. The maximum atomic E-state index is 5.47. The zero-order chi connectivity index (χ0) is 19.5. The lowest BCUT2D eigenvalue weighted by molar-refractivity contribution is 0.247. The van der Waals surface area contributed by atoms with Gasteiger partial charge >= 0.3 is 0 Å². The van der Waals surface area contributed by atoms with Gasteiger partial charge < -0.3 is 24.1 Å². The van der Waals surface area contributed by atoms with Gasteiger partial charge in [-0.3, -0.25) is 4.90 Å². The highest BCUT2D eigenvalue weighted by molar-refractivity contribution is 5.77. The topological polar surface area (TPSA) is 62.9 Å². The van der Waals surface area contributed by atoms with E-state index in [2.05, 4.69) is 20.9 Å². The summed E-state index contributed by atoms with van der Waals surface area (Å²) in [7, 11) is 4.91. The van der Waals surface area contributed by atoms with E-state index in [-0.39, 0.29) is 0 Å². The predicted octanol–water partition coefficient (Wildman–Crippen LogP) is 2.91. The zero-order valence-corrected chi connectivity index (χ0v) is 16.6. The van der Waals surface area contributed by atoms with Crippen molar-refractivity contribution >= 4 is 17.0 Å². The Kier molecular flexibility index (Phi) is 5.25. The average molecular weight is 382 g/mol. The van der Waals surface area contributed by atoms with Gasteiger partial charge in [0.25, 0.3) is 0 Å². The van der Waals surface area contributed by atoms with Crippen molar-refractivity contribution < 1.29 is 14.2 Å². The minimum absolute atomic E-state index is 0.628. The van der Waals surface area contributed by atoms with Crippen LogP contribution in [0.15, 0.2) is 36.4 Å². The van der Waals surface area contributed by atoms with Crippen molar-refractivity contribution in [3.63, 3.8) is 0 Å². The summed E-state index contributed by atoms with van der Waals surface area (Å²) in [6.45, 7) is 4.64. The van der Waals surface area contributed by atoms with Gasteiger partial charge in [-0.25, -0.2) is 4.98 Å². The van der Waals surface area contributed by atoms with Gasteiger partial charge in [0.15, 0.2) is 11.5 Å². The van der Waals surface area contributed by atoms with Crippen LogP contribution in [0.2, 0.25) is 0 Å². The van der Waals surface area contributed by atoms with Gasteiger partial charge in [-0.1, -0.05) is 12.1 Å². The number of H-pyrrole nitrogens is 1. The van der Waals surface area contributed by atoms with E-state index in [0.29, 0.717) is 17.2 Å². The number of hydrogen-bond donors (Lipinski definition) is 1. The fourth-order valence-electron chi connectivity index (χ4n) is 3.69. The summed E-state index contributed by atoms with van der Waals surface area (Å²) < 4.78 is 16.3. The van der Waals surface area contributed by atoms with E-state index in [1.165, 1.54) is 0 Å². The molecule has 0 atom stereocenters. The quantitative estimate of drug-likeness (QED) is 0.707. The summed E-state index contributed by atoms with van der Waals surface area (Å²) in [6.07, 6.45) is 0. The second-order valence-corrected chi connectivity index (χ2v) is 6.87. The largest absolute Gasteiger partial charge is 0.493 e. The van der Waals surface area contributed by atoms with Gasteiger partial charge in [-0.05, 0) is 29.8 Å². The highest BCUT2D eigenvalue weighted by Crippen LogP contribution is 2.38. The molecule has 0 bridgehead atoms. The highest BCUT2D eigenvalue weighted by Gasteiger charge is 2.21. The first-order valence-electron chi connectivity index (χ1n) is 9.42. The number of aromatic nitrogens is 2. The van der Waals surface area contributed by atoms with E-state index in [0.717, 1.165) is 55.3 Å². The third kappa shape index (κ3) is 3.57. The number of imidazole rings is 1. The molecular weight excluding hydrogens is 356 g/mol. The Morgan fingerprint density at radius 2 is 1.61 bits per heavy atom. The van der Waals surface area contributed by atoms with E-state index in [4.69, 9.17) is 19.2 Å². The first-order valence-corrected chi connectivity index (χ1v) is 9.42. The Hall–Kier alpha value is -2.93. The van der Waals surface area contributed by atoms with Gasteiger partial charge in [0.1, 0.15) is 0 Å². The fourth-order valence-corrected chi connectivity index (χ4v) is 3.69. The monoisotopic (exact) mass is 382 g/mol. The van der Waals surface area contributed by atoms with Crippen molar-refractivity contribution in [2.75, 3.05) is 52.4 Å². The Morgan fingerprint density at radius 1 is 0.929 bits per heavy atom. The van der Waals surface area contributed by atoms with E-state index in [1.807, 2.05) is 30.3 Å². The van der Waals surface area contributed by atoms with Crippen LogP contribution in [-0.4, -0.2) is 62.4 Å². The molecule has 1 aliphatic rings. The van der Waals surface area contributed by atoms with Gasteiger partial charge in [0.2, 0.25) is 11.7 Å². The fraction of sp³-hybridized carbons (Fsp3) is 0.381. The number of fused-ring (bicyclic) bond motifs is 1. The van der Waals surface area contributed by atoms with Crippen LogP contribution in [0, 0.1) is 0 Å². The SMILES string of the molecule is COc1cc(CN2CCN(c3nc4ccccc4[nH]3)CC2)cc(OC)c1OC. The molecule has 2 heterocycles. The van der Waals surface area contributed by atoms with Crippen LogP contribution < -0.4 is 19.1 Å². The van der Waals surface area contributed by atoms with Gasteiger partial charge in [-0.2, -0.15) is 0 Å². The molecule has 28 heavy (non-hydrogen) atoms. The van der Waals surface area contributed by atoms with Crippen LogP contribution in [0.25, 0.3) is 11.0 Å². The molecule has 3 aromatic rings. The summed E-state index contributed by atoms with van der Waals surface area (Å²) in [5.74, 6) is 2.97. The number of para-hydroxylation sites is 2. The molecule has 0 saturated carbocycles. The van der Waals surface area contributed by atoms with Gasteiger partial charge in [0, 0.05) is 32.7 Å². The molecule has 0 unspecified atom stereocenters. The standard InChI is InChI=1S/C21H26N4O3/c1-26-18-12-15(13-19(27-2)20(18)28-3)14-24-8-10-25(11-9-24)21-22-16-6-4-5-7-17(16)23-21/h4-7,12-13H,8-11,14H2,1-3H3,(H,22,23). The van der Waals surface area contributed by atoms with Crippen molar-refractivity contribution in [3.05, 3.63) is 42.0 Å². The van der Waals surface area contributed by atoms with Crippen LogP contribution in [0.3, 0.4) is 0 Å². The third-order valence-electron chi connectivity index (χ3n) is 5.18. The Balaban J connectivity index is 1.43. The number of aromatic amines is 1. The van der Waals surface area contributed by atoms with Crippen LogP contribution in [0.5, 0.6) is 17.2 Å². The lowest BCUT2D eigenvalue weighted by Crippen LogP contribution is -2.46. The number of ether oxygens (including phenoxy) is 3. The first-order chi connectivity index (χ1) is 13.7. The molecule has 148 valence electrons. The van der Waals surface area contributed by atoms with Gasteiger partial charge in [-0.15, -0.1) is 0 Å². The molecule has 1 aliphatic heterocycles. The highest BCUT2D eigenvalue weighted by atomic mass is 16.5. The molecule has 1 fully saturated rings. The second-order valence-electron chi connectivity index (χ2n) is 6.87. The molecule has 4 rings (SSSR count). The molecule has 0 aliphatic carbocycles. The number of hydrogen-bond acceptors (Lipinski definition) is 6. The summed E-state index contributed by atoms with van der Waals surface area (Å²) in [4.78, 5) is 12.9. The van der Waals surface area contributed by atoms with Crippen LogP contribution >= 0.6 is 0 Å². The molecule has 7 heteroatoms. The lowest BCUT2D eigenvalue weighted by Gasteiger charge is -2.34. The first kappa shape index (κ1) is 18.4. The number of nitrogens with zero attached hydrogens (tertiary/aromatic N) is 3. The number of methoxy groups -OCH3 is 3. The Bertz CT molecular complexity index is 890. The summed E-state index contributed by atoms with van der Waals surface area (Å²) in [5, 5.41) is 0. The Morgan fingerprint density at radius 3 is 2.21 bits per heavy atom. The summed E-state index contributed by atoms with van der Waals surface area (Å²) in [5.41, 5.74) is 3.24. The van der Waals surface area contributed by atoms with Crippen molar-refractivity contribution in [2.45, 2.75) is 6.54 Å². The summed E-state index contributed by atoms with van der Waals surface area (Å²) in [6, 6.07) is 12.2. The van der Waals surface area contributed by atoms with Crippen molar-refractivity contribution in [3.8, 4) is 17.2 Å². The van der Waals surface area contributed by atoms with Crippen molar-refractivity contribution in [1.29, 1.82) is 0 Å². The van der Waals surface area contributed by atoms with E-state index >= 15 is 0 Å². The van der Waals surface area contributed by atoms with Crippen LogP contribution in [-0.2, 0) is 6.54 Å². The van der Waals surface area contributed by atoms with Gasteiger partial charge in [0.05, 0.1) is 32.4 Å². The predicted molar refractivity (Wildman–Crippen MR) is 110 cm³/mol. The number of nitrogens with one attached hydrogen (secondary N) is 1. The van der Waals surface area contributed by atoms with E-state index < -0.39 is 0 Å². The molecule has 7 nitrogen and oxygen atoms in total. The molecular formula is C21H26N4O3. The minimum atomic E-state index is 0.628. The zero-order valence-electron chi connectivity index (χ0n) is 16.6. The molecule has 1 N–H and O–H groups in total. The molecule has 0 spiro atoms. The minimum Gasteiger partial charge on any atom is -0.493 e. The molecule has 0 radical (unpaired) electrons. The number of benzene rings is 2. The molecule has 1 aromatic heterocycles. The van der Waals surface area contributed by atoms with Crippen molar-refractivity contribution in [2.24, 2.45) is 0 Å². The number of piperazine rings is 1. The molecule has 2 aromatic carbocycles. The maximum absolute atomic E-state index is 5.47. The van der Waals surface area contributed by atoms with E-state index in [1.54, 1.807) is 21.3 Å². The second kappa shape index (κ2) is 7.98. The maximum Gasteiger partial charge on any atom is 0.203 e. The normalized spacial score (nSPS) is 15.0.